The van der Waals surface area contributed by atoms with Crippen LogP contribution in [0, 0.1) is 0 Å². The van der Waals surface area contributed by atoms with Crippen LogP contribution in [0.5, 0.6) is 0 Å². The lowest BCUT2D eigenvalue weighted by Gasteiger charge is -2.13. The topological polar surface area (TPSA) is 142 Å². The summed E-state index contributed by atoms with van der Waals surface area (Å²) in [6, 6.07) is -2.02. The van der Waals surface area contributed by atoms with Crippen LogP contribution in [0.3, 0.4) is 0 Å². The van der Waals surface area contributed by atoms with Gasteiger partial charge in [-0.25, -0.2) is 9.59 Å². The van der Waals surface area contributed by atoms with Crippen LogP contribution in [-0.4, -0.2) is 47.3 Å². The van der Waals surface area contributed by atoms with Crippen LogP contribution in [0.1, 0.15) is 6.42 Å². The molecular formula is C7H13N3O5. The molecule has 0 heterocycles. The summed E-state index contributed by atoms with van der Waals surface area (Å²) in [5.41, 5.74) is 4.75. The Balaban J connectivity index is 3.99. The van der Waals surface area contributed by atoms with E-state index in [0.29, 0.717) is 0 Å². The second-order valence-corrected chi connectivity index (χ2v) is 2.70. The summed E-state index contributed by atoms with van der Waals surface area (Å²) in [4.78, 5) is 31.8. The van der Waals surface area contributed by atoms with E-state index in [2.05, 4.69) is 10.6 Å². The lowest BCUT2D eigenvalue weighted by Crippen LogP contribution is -2.48. The molecule has 0 aromatic heterocycles. The van der Waals surface area contributed by atoms with Crippen LogP contribution in [0.25, 0.3) is 0 Å². The van der Waals surface area contributed by atoms with Crippen molar-refractivity contribution in [2.75, 3.05) is 13.2 Å². The third-order valence-electron chi connectivity index (χ3n) is 1.44. The fraction of sp³-hybridized carbons (Fsp3) is 0.571. The van der Waals surface area contributed by atoms with Gasteiger partial charge in [0, 0.05) is 13.0 Å². The summed E-state index contributed by atoms with van der Waals surface area (Å²) in [5.74, 6) is -2.00. The number of primary amides is 1. The molecular weight excluding hydrogens is 206 g/mol. The molecule has 0 aliphatic rings. The molecule has 0 radical (unpaired) electrons. The van der Waals surface area contributed by atoms with Crippen LogP contribution in [0.4, 0.5) is 4.79 Å². The summed E-state index contributed by atoms with van der Waals surface area (Å²) >= 11 is 0. The number of carboxylic acid groups (broad SMARTS) is 1. The maximum atomic E-state index is 11.0. The predicted octanol–water partition coefficient (Wildman–Crippen LogP) is -2.39. The zero-order valence-electron chi connectivity index (χ0n) is 7.90. The van der Waals surface area contributed by atoms with Crippen molar-refractivity contribution in [3.63, 3.8) is 0 Å². The minimum atomic E-state index is -1.27. The van der Waals surface area contributed by atoms with Gasteiger partial charge in [-0.3, -0.25) is 4.79 Å². The number of nitrogens with one attached hydrogen (secondary N) is 2. The standard InChI is InChI=1S/C7H13N3O5/c8-5(12)3-9-7(15)10-4(1-2-11)6(13)14/h4,11H,1-3H2,(H2,8,12)(H,13,14)(H2,9,10,15). The highest BCUT2D eigenvalue weighted by Gasteiger charge is 2.18. The maximum Gasteiger partial charge on any atom is 0.326 e. The first-order valence-electron chi connectivity index (χ1n) is 4.13. The van der Waals surface area contributed by atoms with Crippen molar-refractivity contribution in [1.29, 1.82) is 0 Å². The smallest absolute Gasteiger partial charge is 0.326 e. The lowest BCUT2D eigenvalue weighted by molar-refractivity contribution is -0.139. The monoisotopic (exact) mass is 219 g/mol. The molecule has 1 unspecified atom stereocenters. The van der Waals surface area contributed by atoms with Crippen molar-refractivity contribution in [1.82, 2.24) is 10.6 Å². The Hall–Kier alpha value is -1.83. The van der Waals surface area contributed by atoms with Crippen molar-refractivity contribution in [3.05, 3.63) is 0 Å². The van der Waals surface area contributed by atoms with Crippen molar-refractivity contribution < 1.29 is 24.6 Å². The summed E-state index contributed by atoms with van der Waals surface area (Å²) in [6.07, 6.45) is -0.112. The van der Waals surface area contributed by atoms with Crippen LogP contribution in [0.2, 0.25) is 0 Å². The van der Waals surface area contributed by atoms with Gasteiger partial charge in [-0.1, -0.05) is 0 Å². The zero-order valence-corrected chi connectivity index (χ0v) is 7.90. The van der Waals surface area contributed by atoms with Crippen LogP contribution in [0.15, 0.2) is 0 Å². The van der Waals surface area contributed by atoms with E-state index >= 15 is 0 Å². The van der Waals surface area contributed by atoms with Gasteiger partial charge in [0.05, 0.1) is 6.54 Å². The van der Waals surface area contributed by atoms with Gasteiger partial charge in [-0.15, -0.1) is 0 Å². The number of hydrogen-bond donors (Lipinski definition) is 5. The number of nitrogens with two attached hydrogens (primary N) is 1. The molecule has 3 amide bonds. The molecule has 8 nitrogen and oxygen atoms in total. The van der Waals surface area contributed by atoms with Gasteiger partial charge in [0.15, 0.2) is 0 Å². The molecule has 0 fully saturated rings. The molecule has 8 heteroatoms. The average molecular weight is 219 g/mol. The molecule has 15 heavy (non-hydrogen) atoms. The molecule has 6 N–H and O–H groups in total. The van der Waals surface area contributed by atoms with E-state index in [0.717, 1.165) is 0 Å². The summed E-state index contributed by atoms with van der Waals surface area (Å²) < 4.78 is 0. The van der Waals surface area contributed by atoms with Crippen molar-refractivity contribution >= 4 is 17.9 Å². The summed E-state index contributed by atoms with van der Waals surface area (Å²) in [7, 11) is 0. The van der Waals surface area contributed by atoms with Gasteiger partial charge < -0.3 is 26.6 Å². The highest BCUT2D eigenvalue weighted by Crippen LogP contribution is 1.90. The second kappa shape index (κ2) is 6.60. The highest BCUT2D eigenvalue weighted by atomic mass is 16.4. The first-order chi connectivity index (χ1) is 6.97. The van der Waals surface area contributed by atoms with E-state index < -0.39 is 23.9 Å². The molecule has 0 aliphatic carbocycles. The number of carbonyl (C=O) groups is 3. The minimum Gasteiger partial charge on any atom is -0.480 e. The first-order valence-corrected chi connectivity index (χ1v) is 4.13. The minimum absolute atomic E-state index is 0.112. The molecule has 0 saturated heterocycles. The third-order valence-corrected chi connectivity index (χ3v) is 1.44. The first kappa shape index (κ1) is 13.2. The maximum absolute atomic E-state index is 11.0. The number of aliphatic hydroxyl groups excluding tert-OH is 1. The van der Waals surface area contributed by atoms with Crippen molar-refractivity contribution in [2.45, 2.75) is 12.5 Å². The molecule has 0 aromatic carbocycles. The van der Waals surface area contributed by atoms with Crippen LogP contribution in [-0.2, 0) is 9.59 Å². The van der Waals surface area contributed by atoms with Gasteiger partial charge in [0.1, 0.15) is 6.04 Å². The average Bonchev–Trinajstić information content (AvgIpc) is 2.14. The number of hydrogen-bond acceptors (Lipinski definition) is 4. The fourth-order valence-corrected chi connectivity index (χ4v) is 0.763. The molecule has 0 saturated carbocycles. The molecule has 0 rings (SSSR count). The number of carbonyl (C=O) groups excluding carboxylic acids is 2. The van der Waals surface area contributed by atoms with Crippen molar-refractivity contribution in [2.24, 2.45) is 5.73 Å². The van der Waals surface area contributed by atoms with E-state index in [9.17, 15) is 14.4 Å². The SMILES string of the molecule is NC(=O)CNC(=O)NC(CCO)C(=O)O. The zero-order chi connectivity index (χ0) is 11.8. The number of urea groups is 1. The van der Waals surface area contributed by atoms with Crippen LogP contribution >= 0.6 is 0 Å². The van der Waals surface area contributed by atoms with E-state index in [4.69, 9.17) is 15.9 Å². The number of aliphatic hydroxyl groups is 1. The van der Waals surface area contributed by atoms with Crippen LogP contribution < -0.4 is 16.4 Å². The van der Waals surface area contributed by atoms with Gasteiger partial charge >= 0.3 is 12.0 Å². The highest BCUT2D eigenvalue weighted by molar-refractivity contribution is 5.85. The third kappa shape index (κ3) is 6.27. The number of carboxylic acids is 1. The Kier molecular flexibility index (Phi) is 5.79. The molecule has 0 aromatic rings. The Bertz CT molecular complexity index is 255. The second-order valence-electron chi connectivity index (χ2n) is 2.70. The van der Waals surface area contributed by atoms with Gasteiger partial charge in [0.25, 0.3) is 0 Å². The normalized spacial score (nSPS) is 11.5. The fourth-order valence-electron chi connectivity index (χ4n) is 0.763. The van der Waals surface area contributed by atoms with Gasteiger partial charge in [-0.2, -0.15) is 0 Å². The Morgan fingerprint density at radius 3 is 2.33 bits per heavy atom. The van der Waals surface area contributed by atoms with Gasteiger partial charge in [-0.05, 0) is 0 Å². The Morgan fingerprint density at radius 2 is 1.93 bits per heavy atom. The largest absolute Gasteiger partial charge is 0.480 e. The van der Waals surface area contributed by atoms with E-state index in [-0.39, 0.29) is 19.6 Å². The molecule has 0 spiro atoms. The lowest BCUT2D eigenvalue weighted by atomic mass is 10.2. The molecule has 0 aliphatic heterocycles. The summed E-state index contributed by atoms with van der Waals surface area (Å²) in [5, 5.41) is 21.2. The number of rotatable bonds is 6. The van der Waals surface area contributed by atoms with Crippen molar-refractivity contribution in [3.8, 4) is 0 Å². The summed E-state index contributed by atoms with van der Waals surface area (Å²) in [6.45, 7) is -0.746. The van der Waals surface area contributed by atoms with E-state index in [1.165, 1.54) is 0 Å². The molecule has 86 valence electrons. The Morgan fingerprint density at radius 1 is 1.33 bits per heavy atom. The Labute approximate surface area is 85.4 Å². The molecule has 1 atom stereocenters. The van der Waals surface area contributed by atoms with E-state index in [1.54, 1.807) is 0 Å². The van der Waals surface area contributed by atoms with Gasteiger partial charge in [0.2, 0.25) is 5.91 Å². The van der Waals surface area contributed by atoms with E-state index in [1.807, 2.05) is 0 Å². The molecule has 0 bridgehead atoms. The number of amides is 3. The quantitative estimate of drug-likeness (QED) is 0.338. The predicted molar refractivity (Wildman–Crippen MR) is 48.9 cm³/mol. The number of aliphatic carboxylic acids is 1.